The summed E-state index contributed by atoms with van der Waals surface area (Å²) in [5.41, 5.74) is 12.7. The van der Waals surface area contributed by atoms with Crippen molar-refractivity contribution in [1.29, 1.82) is 0 Å². The van der Waals surface area contributed by atoms with E-state index in [0.29, 0.717) is 0 Å². The molecule has 0 saturated heterocycles. The molecule has 4 heteroatoms. The quantitative estimate of drug-likeness (QED) is 0.168. The van der Waals surface area contributed by atoms with Crippen LogP contribution < -0.4 is 0 Å². The number of amidine groups is 1. The Bertz CT molecular complexity index is 2370. The fourth-order valence-corrected chi connectivity index (χ4v) is 9.34. The molecule has 2 heterocycles. The average molecular weight is 705 g/mol. The van der Waals surface area contributed by atoms with Gasteiger partial charge in [-0.05, 0) is 78.4 Å². The maximum absolute atomic E-state index is 6.51. The number of benzene rings is 6. The lowest BCUT2D eigenvalue weighted by Crippen LogP contribution is -2.14. The predicted octanol–water partition coefficient (Wildman–Crippen LogP) is 10.9. The highest BCUT2D eigenvalue weighted by Gasteiger charge is 2.36. The standard InChI is InChI=1S/C42H29IN2O/c1-42(2)35-16-10-9-15-31(35)33-25-38-34(24-36(33)42)32-22-21-30(23-37(32)46-38)26-17-19-29(20-18-26)41-44-39(27-11-5-3-6-12-27)43-40(45-41)28-13-7-4-8-14-28/h3-25H,1-2H3. The number of halogens is 1. The van der Waals surface area contributed by atoms with Crippen molar-refractivity contribution in [3.8, 4) is 22.3 Å². The molecule has 0 unspecified atom stereocenters. The summed E-state index contributed by atoms with van der Waals surface area (Å²) in [5.74, 6) is 0.764. The molecule has 2 aliphatic rings. The molecule has 7 aromatic rings. The molecule has 0 radical (unpaired) electrons. The smallest absolute Gasteiger partial charge is 0.161 e. The van der Waals surface area contributed by atoms with Crippen LogP contribution in [0.25, 0.3) is 44.2 Å². The Kier molecular flexibility index (Phi) is 6.29. The zero-order valence-corrected chi connectivity index (χ0v) is 27.6. The van der Waals surface area contributed by atoms with Crippen molar-refractivity contribution in [2.45, 2.75) is 19.3 Å². The molecule has 0 atom stereocenters. The van der Waals surface area contributed by atoms with Crippen LogP contribution in [0.4, 0.5) is 0 Å². The number of aliphatic imine (C=N–C) groups is 2. The fraction of sp³-hybridized carbons (Fsp3) is 0.0714. The van der Waals surface area contributed by atoms with Gasteiger partial charge in [0, 0.05) is 32.9 Å². The number of furan rings is 1. The highest BCUT2D eigenvalue weighted by molar-refractivity contribution is 14.2. The van der Waals surface area contributed by atoms with Gasteiger partial charge in [0.2, 0.25) is 0 Å². The number of nitrogens with zero attached hydrogens (tertiary/aromatic N) is 2. The van der Waals surface area contributed by atoms with Crippen molar-refractivity contribution in [3.05, 3.63) is 167 Å². The van der Waals surface area contributed by atoms with Crippen molar-refractivity contribution in [2.75, 3.05) is 0 Å². The minimum atomic E-state index is -0.515. The van der Waals surface area contributed by atoms with E-state index in [1.807, 2.05) is 0 Å². The lowest BCUT2D eigenvalue weighted by Gasteiger charge is -2.21. The first kappa shape index (κ1) is 27.4. The van der Waals surface area contributed by atoms with Gasteiger partial charge >= 0.3 is 0 Å². The number of rotatable bonds is 4. The first-order chi connectivity index (χ1) is 22.5. The van der Waals surface area contributed by atoms with Gasteiger partial charge in [-0.25, -0.2) is 9.98 Å². The van der Waals surface area contributed by atoms with E-state index in [0.717, 1.165) is 46.4 Å². The van der Waals surface area contributed by atoms with Crippen LogP contribution in [-0.2, 0) is 5.41 Å². The predicted molar refractivity (Wildman–Crippen MR) is 201 cm³/mol. The lowest BCUT2D eigenvalue weighted by atomic mass is 9.82. The van der Waals surface area contributed by atoms with E-state index < -0.39 is 20.7 Å². The van der Waals surface area contributed by atoms with E-state index in [-0.39, 0.29) is 5.41 Å². The highest BCUT2D eigenvalue weighted by atomic mass is 127. The van der Waals surface area contributed by atoms with E-state index in [1.54, 1.807) is 0 Å². The van der Waals surface area contributed by atoms with Crippen molar-refractivity contribution in [2.24, 2.45) is 9.98 Å². The summed E-state index contributed by atoms with van der Waals surface area (Å²) in [4.78, 5) is 10.2. The highest BCUT2D eigenvalue weighted by Crippen LogP contribution is 2.50. The van der Waals surface area contributed by atoms with Crippen LogP contribution in [0.3, 0.4) is 0 Å². The van der Waals surface area contributed by atoms with Crippen LogP contribution in [-0.4, -0.2) is 13.2 Å². The third kappa shape index (κ3) is 4.43. The molecule has 0 fully saturated rings. The van der Waals surface area contributed by atoms with Crippen molar-refractivity contribution in [1.82, 2.24) is 0 Å². The van der Waals surface area contributed by atoms with Crippen molar-refractivity contribution < 1.29 is 4.42 Å². The van der Waals surface area contributed by atoms with E-state index in [1.165, 1.54) is 38.8 Å². The molecule has 220 valence electrons. The Morgan fingerprint density at radius 1 is 0.500 bits per heavy atom. The first-order valence-corrected chi connectivity index (χ1v) is 17.7. The summed E-state index contributed by atoms with van der Waals surface area (Å²) in [6, 6.07) is 49.5. The minimum Gasteiger partial charge on any atom is -0.456 e. The average Bonchev–Trinajstić information content (AvgIpc) is 3.58. The van der Waals surface area contributed by atoms with Gasteiger partial charge in [-0.1, -0.05) is 129 Å². The molecule has 1 aliphatic carbocycles. The van der Waals surface area contributed by atoms with E-state index >= 15 is 0 Å². The summed E-state index contributed by atoms with van der Waals surface area (Å²) in [6.07, 6.45) is 0. The molecule has 9 rings (SSSR count). The molecule has 0 amide bonds. The minimum absolute atomic E-state index is 0.0404. The Labute approximate surface area is 277 Å². The van der Waals surface area contributed by atoms with E-state index in [4.69, 9.17) is 14.4 Å². The van der Waals surface area contributed by atoms with Crippen LogP contribution in [0.2, 0.25) is 0 Å². The van der Waals surface area contributed by atoms with Crippen molar-refractivity contribution in [3.63, 3.8) is 0 Å². The van der Waals surface area contributed by atoms with Crippen LogP contribution >= 0.6 is 20.7 Å². The van der Waals surface area contributed by atoms with E-state index in [9.17, 15) is 0 Å². The second-order valence-electron chi connectivity index (χ2n) is 12.4. The molecule has 6 aromatic carbocycles. The maximum Gasteiger partial charge on any atom is 0.161 e. The zero-order valence-electron chi connectivity index (χ0n) is 25.5. The summed E-state index contributed by atoms with van der Waals surface area (Å²) >= 11 is -0.515. The molecule has 0 N–H and O–H groups in total. The Morgan fingerprint density at radius 2 is 1.15 bits per heavy atom. The van der Waals surface area contributed by atoms with Gasteiger partial charge < -0.3 is 4.42 Å². The van der Waals surface area contributed by atoms with Crippen LogP contribution in [0.1, 0.15) is 41.7 Å². The number of fused-ring (bicyclic) bond motifs is 6. The first-order valence-electron chi connectivity index (χ1n) is 15.5. The van der Waals surface area contributed by atoms with Gasteiger partial charge in [0.1, 0.15) is 18.5 Å². The molecule has 0 bridgehead atoms. The summed E-state index contributed by atoms with van der Waals surface area (Å²) in [5, 5.41) is 2.32. The monoisotopic (exact) mass is 704 g/mol. The summed E-state index contributed by atoms with van der Waals surface area (Å²) < 4.78 is 8.79. The van der Waals surface area contributed by atoms with Gasteiger partial charge in [-0.15, -0.1) is 0 Å². The topological polar surface area (TPSA) is 37.9 Å². The SMILES string of the molecule is CC1(C)c2ccccc2-c2cc3oc4cc(-c5ccc(C6=NC(c7ccccc7)=IC(c7ccccc7)=N6)cc5)ccc4c3cc21. The molecule has 1 aromatic heterocycles. The molecule has 1 aliphatic heterocycles. The lowest BCUT2D eigenvalue weighted by molar-refractivity contribution is 0.658. The molecule has 0 spiro atoms. The fourth-order valence-electron chi connectivity index (χ4n) is 6.82. The zero-order chi connectivity index (χ0) is 30.8. The number of hydrogen-bond acceptors (Lipinski definition) is 3. The second kappa shape index (κ2) is 10.6. The normalized spacial score (nSPS) is 15.0. The number of hydrogen-bond donors (Lipinski definition) is 0. The largest absolute Gasteiger partial charge is 0.456 e. The van der Waals surface area contributed by atoms with Gasteiger partial charge in [0.25, 0.3) is 0 Å². The molecular formula is C42H29IN2O. The van der Waals surface area contributed by atoms with Gasteiger partial charge in [0.05, 0.1) is 0 Å². The van der Waals surface area contributed by atoms with Crippen molar-refractivity contribution >= 4 is 55.9 Å². The molecule has 46 heavy (non-hydrogen) atoms. The Hall–Kier alpha value is -4.94. The third-order valence-electron chi connectivity index (χ3n) is 9.26. The summed E-state index contributed by atoms with van der Waals surface area (Å²) in [7, 11) is 0. The van der Waals surface area contributed by atoms with Crippen LogP contribution in [0, 0.1) is 0 Å². The Balaban J connectivity index is 1.08. The summed E-state index contributed by atoms with van der Waals surface area (Å²) in [6.45, 7) is 4.64. The maximum atomic E-state index is 6.51. The van der Waals surface area contributed by atoms with Crippen LogP contribution in [0.5, 0.6) is 0 Å². The van der Waals surface area contributed by atoms with Crippen LogP contribution in [0.15, 0.2) is 154 Å². The second-order valence-corrected chi connectivity index (χ2v) is 15.0. The van der Waals surface area contributed by atoms with E-state index in [2.05, 4.69) is 153 Å². The van der Waals surface area contributed by atoms with Gasteiger partial charge in [-0.2, -0.15) is 0 Å². The molecule has 0 saturated carbocycles. The third-order valence-corrected chi connectivity index (χ3v) is 12.0. The van der Waals surface area contributed by atoms with Gasteiger partial charge in [0.15, 0.2) is 5.84 Å². The molecular weight excluding hydrogens is 675 g/mol. The van der Waals surface area contributed by atoms with Gasteiger partial charge in [-0.3, -0.25) is 0 Å². The molecule has 3 nitrogen and oxygen atoms in total. The Morgan fingerprint density at radius 3 is 1.93 bits per heavy atom.